The summed E-state index contributed by atoms with van der Waals surface area (Å²) in [6.07, 6.45) is 0. The maximum Gasteiger partial charge on any atom is 0.246 e. The van der Waals surface area contributed by atoms with Crippen LogP contribution in [0.15, 0.2) is 48.5 Å². The van der Waals surface area contributed by atoms with Gasteiger partial charge < -0.3 is 14.5 Å². The fourth-order valence-electron chi connectivity index (χ4n) is 4.10. The van der Waals surface area contributed by atoms with E-state index < -0.39 is 15.9 Å². The Kier molecular flexibility index (Phi) is 4.79. The van der Waals surface area contributed by atoms with Gasteiger partial charge in [-0.15, -0.1) is 0 Å². The van der Waals surface area contributed by atoms with Crippen molar-refractivity contribution in [1.82, 2.24) is 0 Å². The second-order valence-corrected chi connectivity index (χ2v) is 9.52. The number of carbonyl (C=O) groups is 1. The molecule has 0 bridgehead atoms. The number of fused-ring (bicyclic) bond motifs is 1. The number of ether oxygens (including phenoxy) is 1. The molecule has 2 saturated heterocycles. The van der Waals surface area contributed by atoms with E-state index in [2.05, 4.69) is 0 Å². The summed E-state index contributed by atoms with van der Waals surface area (Å²) in [4.78, 5) is 16.7. The minimum absolute atomic E-state index is 0.0149. The number of hydrogen-bond donors (Lipinski definition) is 0. The predicted molar refractivity (Wildman–Crippen MR) is 110 cm³/mol. The van der Waals surface area contributed by atoms with E-state index in [0.717, 1.165) is 17.0 Å². The van der Waals surface area contributed by atoms with Crippen LogP contribution in [-0.4, -0.2) is 51.1 Å². The Bertz CT molecular complexity index is 970. The standard InChI is InChI=1S/C21H24N2O4S/c1-3-27-18-10-8-17(9-11-18)23-20-14-28(25,26)13-19(20)22(12-21(23)24)16-6-4-15(2)5-7-16/h4-11,19-20H,3,12-14H2,1-2H3/t19-,20+/m1/s1. The number of piperazine rings is 1. The second kappa shape index (κ2) is 7.13. The van der Waals surface area contributed by atoms with Crippen molar-refractivity contribution in [2.24, 2.45) is 0 Å². The van der Waals surface area contributed by atoms with Crippen molar-refractivity contribution in [3.63, 3.8) is 0 Å². The highest BCUT2D eigenvalue weighted by molar-refractivity contribution is 7.91. The first-order chi connectivity index (χ1) is 13.4. The van der Waals surface area contributed by atoms with Gasteiger partial charge in [-0.1, -0.05) is 17.7 Å². The molecule has 4 rings (SSSR count). The molecule has 0 aliphatic carbocycles. The van der Waals surface area contributed by atoms with Gasteiger partial charge in [-0.05, 0) is 50.2 Å². The normalized spacial score (nSPS) is 23.6. The zero-order valence-electron chi connectivity index (χ0n) is 16.0. The monoisotopic (exact) mass is 400 g/mol. The molecule has 2 fully saturated rings. The summed E-state index contributed by atoms with van der Waals surface area (Å²) in [7, 11) is -3.22. The van der Waals surface area contributed by atoms with E-state index in [-0.39, 0.29) is 30.0 Å². The van der Waals surface area contributed by atoms with Gasteiger partial charge in [0, 0.05) is 11.4 Å². The molecule has 0 radical (unpaired) electrons. The van der Waals surface area contributed by atoms with E-state index in [9.17, 15) is 13.2 Å². The van der Waals surface area contributed by atoms with E-state index in [4.69, 9.17) is 4.74 Å². The number of benzene rings is 2. The topological polar surface area (TPSA) is 66.9 Å². The Morgan fingerprint density at radius 2 is 1.57 bits per heavy atom. The van der Waals surface area contributed by atoms with Crippen LogP contribution in [0.4, 0.5) is 11.4 Å². The molecule has 0 spiro atoms. The first-order valence-electron chi connectivity index (χ1n) is 9.46. The molecule has 2 heterocycles. The summed E-state index contributed by atoms with van der Waals surface area (Å²) in [5, 5.41) is 0. The molecule has 7 heteroatoms. The van der Waals surface area contributed by atoms with E-state index in [0.29, 0.717) is 12.3 Å². The van der Waals surface area contributed by atoms with Crippen molar-refractivity contribution in [3.05, 3.63) is 54.1 Å². The number of amides is 1. The molecule has 148 valence electrons. The third kappa shape index (κ3) is 3.46. The van der Waals surface area contributed by atoms with Gasteiger partial charge in [0.05, 0.1) is 36.7 Å². The highest BCUT2D eigenvalue weighted by atomic mass is 32.2. The van der Waals surface area contributed by atoms with Gasteiger partial charge in [-0.25, -0.2) is 8.42 Å². The van der Waals surface area contributed by atoms with Crippen LogP contribution in [-0.2, 0) is 14.6 Å². The van der Waals surface area contributed by atoms with E-state index in [1.807, 2.05) is 67.3 Å². The summed E-state index contributed by atoms with van der Waals surface area (Å²) in [5.41, 5.74) is 2.72. The van der Waals surface area contributed by atoms with Gasteiger partial charge in [0.25, 0.3) is 0 Å². The highest BCUT2D eigenvalue weighted by Gasteiger charge is 2.49. The molecule has 28 heavy (non-hydrogen) atoms. The van der Waals surface area contributed by atoms with Crippen molar-refractivity contribution in [2.75, 3.05) is 34.5 Å². The number of sulfone groups is 1. The van der Waals surface area contributed by atoms with Crippen LogP contribution in [0.2, 0.25) is 0 Å². The Balaban J connectivity index is 1.69. The van der Waals surface area contributed by atoms with Crippen molar-refractivity contribution in [2.45, 2.75) is 25.9 Å². The lowest BCUT2D eigenvalue weighted by Gasteiger charge is -2.44. The van der Waals surface area contributed by atoms with Gasteiger partial charge in [0.1, 0.15) is 5.75 Å². The maximum atomic E-state index is 13.1. The number of rotatable bonds is 4. The second-order valence-electron chi connectivity index (χ2n) is 7.37. The quantitative estimate of drug-likeness (QED) is 0.789. The van der Waals surface area contributed by atoms with Gasteiger partial charge in [0.15, 0.2) is 9.84 Å². The van der Waals surface area contributed by atoms with Crippen LogP contribution in [0.5, 0.6) is 5.75 Å². The van der Waals surface area contributed by atoms with E-state index in [1.54, 1.807) is 4.90 Å². The molecule has 2 aromatic rings. The van der Waals surface area contributed by atoms with E-state index >= 15 is 0 Å². The first-order valence-corrected chi connectivity index (χ1v) is 11.3. The number of hydrogen-bond acceptors (Lipinski definition) is 5. The third-order valence-corrected chi connectivity index (χ3v) is 7.09. The summed E-state index contributed by atoms with van der Waals surface area (Å²) in [5.74, 6) is 0.682. The molecule has 0 N–H and O–H groups in total. The van der Waals surface area contributed by atoms with Crippen LogP contribution < -0.4 is 14.5 Å². The Hall–Kier alpha value is -2.54. The highest BCUT2D eigenvalue weighted by Crippen LogP contribution is 2.35. The predicted octanol–water partition coefficient (Wildman–Crippen LogP) is 2.41. The Labute approximate surface area is 165 Å². The summed E-state index contributed by atoms with van der Waals surface area (Å²) in [6.45, 7) is 4.64. The van der Waals surface area contributed by atoms with Crippen LogP contribution >= 0.6 is 0 Å². The molecule has 2 aliphatic rings. The smallest absolute Gasteiger partial charge is 0.246 e. The molecular weight excluding hydrogens is 376 g/mol. The van der Waals surface area contributed by atoms with Crippen molar-refractivity contribution in [1.29, 1.82) is 0 Å². The van der Waals surface area contributed by atoms with Crippen molar-refractivity contribution in [3.8, 4) is 5.75 Å². The molecule has 2 aromatic carbocycles. The van der Waals surface area contributed by atoms with Gasteiger partial charge >= 0.3 is 0 Å². The summed E-state index contributed by atoms with van der Waals surface area (Å²) in [6, 6.07) is 14.5. The third-order valence-electron chi connectivity index (χ3n) is 5.39. The van der Waals surface area contributed by atoms with Crippen LogP contribution in [0, 0.1) is 6.92 Å². The van der Waals surface area contributed by atoms with E-state index in [1.165, 1.54) is 0 Å². The molecule has 0 saturated carbocycles. The van der Waals surface area contributed by atoms with Gasteiger partial charge in [-0.2, -0.15) is 0 Å². The maximum absolute atomic E-state index is 13.1. The Morgan fingerprint density at radius 3 is 2.21 bits per heavy atom. The molecule has 0 aromatic heterocycles. The lowest BCUT2D eigenvalue weighted by Crippen LogP contribution is -2.62. The molecule has 6 nitrogen and oxygen atoms in total. The molecular formula is C21H24N2O4S. The SMILES string of the molecule is CCOc1ccc(N2C(=O)CN(c3ccc(C)cc3)[C@@H]3CS(=O)(=O)C[C@@H]32)cc1. The van der Waals surface area contributed by atoms with Crippen LogP contribution in [0.3, 0.4) is 0 Å². The fourth-order valence-corrected chi connectivity index (χ4v) is 6.05. The van der Waals surface area contributed by atoms with Gasteiger partial charge in [0.2, 0.25) is 5.91 Å². The zero-order valence-corrected chi connectivity index (χ0v) is 16.9. The Morgan fingerprint density at radius 1 is 0.964 bits per heavy atom. The number of aryl methyl sites for hydroxylation is 1. The van der Waals surface area contributed by atoms with Crippen LogP contribution in [0.25, 0.3) is 0 Å². The first kappa shape index (κ1) is 18.8. The number of nitrogens with zero attached hydrogens (tertiary/aromatic N) is 2. The fraction of sp³-hybridized carbons (Fsp3) is 0.381. The minimum atomic E-state index is -3.22. The van der Waals surface area contributed by atoms with Crippen LogP contribution in [0.1, 0.15) is 12.5 Å². The zero-order chi connectivity index (χ0) is 19.9. The summed E-state index contributed by atoms with van der Waals surface area (Å²) < 4.78 is 30.4. The van der Waals surface area contributed by atoms with Crippen molar-refractivity contribution >= 4 is 27.1 Å². The lowest BCUT2D eigenvalue weighted by molar-refractivity contribution is -0.118. The molecule has 2 atom stereocenters. The number of anilines is 2. The minimum Gasteiger partial charge on any atom is -0.494 e. The molecule has 0 unspecified atom stereocenters. The van der Waals surface area contributed by atoms with Crippen molar-refractivity contribution < 1.29 is 17.9 Å². The largest absolute Gasteiger partial charge is 0.494 e. The average molecular weight is 401 g/mol. The molecule has 2 aliphatic heterocycles. The number of carbonyl (C=O) groups excluding carboxylic acids is 1. The molecule has 1 amide bonds. The summed E-state index contributed by atoms with van der Waals surface area (Å²) >= 11 is 0. The lowest BCUT2D eigenvalue weighted by atomic mass is 10.0. The average Bonchev–Trinajstić information content (AvgIpc) is 2.98. The van der Waals surface area contributed by atoms with Gasteiger partial charge in [-0.3, -0.25) is 4.79 Å².